The number of alkyl halides is 2. The SMILES string of the molecule is COc1cc(/C=N/NC(=O)c2ccccc2F)ccc1OC(F)F. The Morgan fingerprint density at radius 2 is 1.96 bits per heavy atom. The molecule has 0 saturated carbocycles. The minimum atomic E-state index is -2.97. The molecule has 0 aliphatic rings. The Balaban J connectivity index is 2.06. The van der Waals surface area contributed by atoms with Gasteiger partial charge in [0.05, 0.1) is 18.9 Å². The maximum Gasteiger partial charge on any atom is 0.387 e. The van der Waals surface area contributed by atoms with E-state index in [1.54, 1.807) is 0 Å². The largest absolute Gasteiger partial charge is 0.493 e. The van der Waals surface area contributed by atoms with E-state index in [1.807, 2.05) is 0 Å². The van der Waals surface area contributed by atoms with Gasteiger partial charge in [-0.05, 0) is 35.9 Å². The smallest absolute Gasteiger partial charge is 0.387 e. The molecule has 8 heteroatoms. The van der Waals surface area contributed by atoms with E-state index in [1.165, 1.54) is 49.7 Å². The first kappa shape index (κ1) is 17.3. The molecule has 126 valence electrons. The Labute approximate surface area is 135 Å². The maximum absolute atomic E-state index is 13.4. The predicted octanol–water partition coefficient (Wildman–Crippen LogP) is 3.20. The van der Waals surface area contributed by atoms with Crippen LogP contribution in [0.25, 0.3) is 0 Å². The molecule has 24 heavy (non-hydrogen) atoms. The first-order valence-corrected chi connectivity index (χ1v) is 6.72. The van der Waals surface area contributed by atoms with Crippen LogP contribution in [-0.4, -0.2) is 25.8 Å². The number of ether oxygens (including phenoxy) is 2. The number of halogens is 3. The van der Waals surface area contributed by atoms with Crippen LogP contribution in [0.15, 0.2) is 47.6 Å². The number of nitrogens with zero attached hydrogens (tertiary/aromatic N) is 1. The van der Waals surface area contributed by atoms with E-state index in [-0.39, 0.29) is 17.1 Å². The highest BCUT2D eigenvalue weighted by Gasteiger charge is 2.11. The van der Waals surface area contributed by atoms with Crippen LogP contribution in [0.2, 0.25) is 0 Å². The van der Waals surface area contributed by atoms with Crippen molar-refractivity contribution in [3.63, 3.8) is 0 Å². The molecule has 0 bridgehead atoms. The normalized spacial score (nSPS) is 10.9. The Morgan fingerprint density at radius 3 is 2.62 bits per heavy atom. The number of rotatable bonds is 6. The summed E-state index contributed by atoms with van der Waals surface area (Å²) in [5.74, 6) is -1.42. The van der Waals surface area contributed by atoms with Gasteiger partial charge >= 0.3 is 6.61 Å². The van der Waals surface area contributed by atoms with E-state index >= 15 is 0 Å². The lowest BCUT2D eigenvalue weighted by Gasteiger charge is -2.09. The van der Waals surface area contributed by atoms with Crippen LogP contribution < -0.4 is 14.9 Å². The Bertz CT molecular complexity index is 751. The second-order valence-electron chi connectivity index (χ2n) is 4.47. The lowest BCUT2D eigenvalue weighted by molar-refractivity contribution is -0.0512. The highest BCUT2D eigenvalue weighted by molar-refractivity contribution is 5.95. The minimum Gasteiger partial charge on any atom is -0.493 e. The average molecular weight is 338 g/mol. The summed E-state index contributed by atoms with van der Waals surface area (Å²) >= 11 is 0. The first-order valence-electron chi connectivity index (χ1n) is 6.72. The molecular weight excluding hydrogens is 325 g/mol. The molecule has 0 fully saturated rings. The van der Waals surface area contributed by atoms with E-state index in [0.717, 1.165) is 6.07 Å². The van der Waals surface area contributed by atoms with Crippen molar-refractivity contribution in [1.29, 1.82) is 0 Å². The van der Waals surface area contributed by atoms with Crippen LogP contribution in [0, 0.1) is 5.82 Å². The van der Waals surface area contributed by atoms with Crippen molar-refractivity contribution in [2.75, 3.05) is 7.11 Å². The number of hydrogen-bond acceptors (Lipinski definition) is 4. The summed E-state index contributed by atoms with van der Waals surface area (Å²) in [4.78, 5) is 11.8. The summed E-state index contributed by atoms with van der Waals surface area (Å²) in [6.07, 6.45) is 1.26. The Kier molecular flexibility index (Phi) is 5.78. The first-order chi connectivity index (χ1) is 11.5. The van der Waals surface area contributed by atoms with E-state index in [9.17, 15) is 18.0 Å². The molecule has 0 heterocycles. The number of carbonyl (C=O) groups excluding carboxylic acids is 1. The van der Waals surface area contributed by atoms with Crippen molar-refractivity contribution in [2.45, 2.75) is 6.61 Å². The quantitative estimate of drug-likeness (QED) is 0.650. The fourth-order valence-electron chi connectivity index (χ4n) is 1.83. The number of carbonyl (C=O) groups is 1. The number of benzene rings is 2. The van der Waals surface area contributed by atoms with Crippen molar-refractivity contribution >= 4 is 12.1 Å². The van der Waals surface area contributed by atoms with Crippen molar-refractivity contribution in [3.8, 4) is 11.5 Å². The van der Waals surface area contributed by atoms with Gasteiger partial charge < -0.3 is 9.47 Å². The zero-order chi connectivity index (χ0) is 17.5. The van der Waals surface area contributed by atoms with Crippen LogP contribution in [-0.2, 0) is 0 Å². The van der Waals surface area contributed by atoms with Gasteiger partial charge in [0, 0.05) is 0 Å². The van der Waals surface area contributed by atoms with Gasteiger partial charge in [-0.15, -0.1) is 0 Å². The van der Waals surface area contributed by atoms with Gasteiger partial charge in [-0.1, -0.05) is 12.1 Å². The van der Waals surface area contributed by atoms with Gasteiger partial charge in [0.1, 0.15) is 5.82 Å². The van der Waals surface area contributed by atoms with Gasteiger partial charge in [0.2, 0.25) is 0 Å². The summed E-state index contributed by atoms with van der Waals surface area (Å²) in [6, 6.07) is 9.59. The molecule has 5 nitrogen and oxygen atoms in total. The number of hydrogen-bond donors (Lipinski definition) is 1. The summed E-state index contributed by atoms with van der Waals surface area (Å²) in [5, 5.41) is 3.69. The molecular formula is C16H13F3N2O3. The summed E-state index contributed by atoms with van der Waals surface area (Å²) in [7, 11) is 1.30. The third-order valence-electron chi connectivity index (χ3n) is 2.90. The van der Waals surface area contributed by atoms with Crippen LogP contribution in [0.5, 0.6) is 11.5 Å². The molecule has 1 N–H and O–H groups in total. The van der Waals surface area contributed by atoms with Gasteiger partial charge in [0.25, 0.3) is 5.91 Å². The van der Waals surface area contributed by atoms with E-state index in [4.69, 9.17) is 4.74 Å². The highest BCUT2D eigenvalue weighted by atomic mass is 19.3. The van der Waals surface area contributed by atoms with Crippen LogP contribution >= 0.6 is 0 Å². The lowest BCUT2D eigenvalue weighted by Crippen LogP contribution is -2.18. The molecule has 2 aromatic rings. The minimum absolute atomic E-state index is 0.0830. The molecule has 0 unspecified atom stereocenters. The molecule has 0 atom stereocenters. The van der Waals surface area contributed by atoms with Gasteiger partial charge in [-0.2, -0.15) is 13.9 Å². The second-order valence-corrected chi connectivity index (χ2v) is 4.47. The van der Waals surface area contributed by atoms with Gasteiger partial charge in [0.15, 0.2) is 11.5 Å². The second kappa shape index (κ2) is 8.00. The Morgan fingerprint density at radius 1 is 1.21 bits per heavy atom. The molecule has 0 radical (unpaired) electrons. The molecule has 2 aromatic carbocycles. The van der Waals surface area contributed by atoms with Gasteiger partial charge in [-0.25, -0.2) is 9.82 Å². The zero-order valence-corrected chi connectivity index (χ0v) is 12.5. The fraction of sp³-hybridized carbons (Fsp3) is 0.125. The molecule has 0 aliphatic heterocycles. The van der Waals surface area contributed by atoms with Crippen molar-refractivity contribution < 1.29 is 27.4 Å². The number of hydrazone groups is 1. The van der Waals surface area contributed by atoms with E-state index in [2.05, 4.69) is 15.3 Å². The van der Waals surface area contributed by atoms with Crippen LogP contribution in [0.1, 0.15) is 15.9 Å². The average Bonchev–Trinajstić information content (AvgIpc) is 2.56. The van der Waals surface area contributed by atoms with Crippen molar-refractivity contribution in [3.05, 3.63) is 59.4 Å². The summed E-state index contributed by atoms with van der Waals surface area (Å²) in [5.41, 5.74) is 2.49. The van der Waals surface area contributed by atoms with Crippen molar-refractivity contribution in [2.24, 2.45) is 5.10 Å². The molecule has 1 amide bonds. The number of methoxy groups -OCH3 is 1. The summed E-state index contributed by atoms with van der Waals surface area (Å²) in [6.45, 7) is -2.97. The molecule has 0 saturated heterocycles. The number of amides is 1. The fourth-order valence-corrected chi connectivity index (χ4v) is 1.83. The molecule has 0 aliphatic carbocycles. The molecule has 0 aromatic heterocycles. The monoisotopic (exact) mass is 338 g/mol. The number of nitrogens with one attached hydrogen (secondary N) is 1. The Hall–Kier alpha value is -3.03. The lowest BCUT2D eigenvalue weighted by atomic mass is 10.2. The topological polar surface area (TPSA) is 59.9 Å². The van der Waals surface area contributed by atoms with Crippen LogP contribution in [0.4, 0.5) is 13.2 Å². The zero-order valence-electron chi connectivity index (χ0n) is 12.5. The summed E-state index contributed by atoms with van der Waals surface area (Å²) < 4.78 is 47.1. The molecule has 0 spiro atoms. The van der Waals surface area contributed by atoms with Crippen LogP contribution in [0.3, 0.4) is 0 Å². The third kappa shape index (κ3) is 4.48. The standard InChI is InChI=1S/C16H13F3N2O3/c1-23-14-8-10(6-7-13(14)24-16(18)19)9-20-21-15(22)11-4-2-3-5-12(11)17/h2-9,16H,1H3,(H,21,22)/b20-9+. The third-order valence-corrected chi connectivity index (χ3v) is 2.90. The van der Waals surface area contributed by atoms with Gasteiger partial charge in [-0.3, -0.25) is 4.79 Å². The highest BCUT2D eigenvalue weighted by Crippen LogP contribution is 2.28. The maximum atomic E-state index is 13.4. The predicted molar refractivity (Wildman–Crippen MR) is 81.1 cm³/mol. The van der Waals surface area contributed by atoms with Crippen molar-refractivity contribution in [1.82, 2.24) is 5.43 Å². The van der Waals surface area contributed by atoms with E-state index in [0.29, 0.717) is 5.56 Å². The van der Waals surface area contributed by atoms with E-state index < -0.39 is 18.3 Å². The molecule has 2 rings (SSSR count).